The molecule has 0 saturated carbocycles. The minimum Gasteiger partial charge on any atom is -0.490 e. The van der Waals surface area contributed by atoms with Crippen LogP contribution in [0.4, 0.5) is 0 Å². The van der Waals surface area contributed by atoms with Crippen molar-refractivity contribution < 1.29 is 33.6 Å². The molecule has 0 bridgehead atoms. The number of nitrogens with zero attached hydrogens (tertiary/aromatic N) is 4. The molecule has 2 aromatic rings. The van der Waals surface area contributed by atoms with E-state index in [1.54, 1.807) is 11.0 Å². The van der Waals surface area contributed by atoms with Crippen LogP contribution in [-0.2, 0) is 17.8 Å². The number of hydrogen-bond acceptors (Lipinski definition) is 10. The Balaban J connectivity index is 0.00000588. The lowest BCUT2D eigenvalue weighted by molar-refractivity contribution is -0.139. The molecule has 0 unspecified atom stereocenters. The Labute approximate surface area is 249 Å². The number of amidine groups is 1. The first kappa shape index (κ1) is 33.3. The number of hydrogen-bond donors (Lipinski definition) is 2. The Hall–Kier alpha value is -3.92. The molecule has 0 radical (unpaired) electrons. The zero-order valence-electron chi connectivity index (χ0n) is 23.5. The number of aromatic nitrogens is 2. The number of unbranched alkanes of at least 4 members (excludes halogenated alkanes) is 2. The van der Waals surface area contributed by atoms with Crippen molar-refractivity contribution in [1.82, 2.24) is 14.9 Å². The standard InChI is InChI=1S/C28H35N5O7.BrH/c1-4-7-10-18-13-19(14-22(39-12-9-8-11-29)25(18)40-17-23(35)36)21(34)16-33-15-20-24(26(33)30)32-28(38-6-3)27(31-20)37-5-2;/h13-14,30H,4-10,12,15-17H2,1-3H3,(H,35,36);1H. The Morgan fingerprint density at radius 2 is 1.78 bits per heavy atom. The molecule has 0 fully saturated rings. The van der Waals surface area contributed by atoms with Crippen molar-refractivity contribution in [3.63, 3.8) is 0 Å². The monoisotopic (exact) mass is 633 g/mol. The molecule has 1 aromatic carbocycles. The maximum absolute atomic E-state index is 13.5. The quantitative estimate of drug-likeness (QED) is 0.187. The third-order valence-corrected chi connectivity index (χ3v) is 5.97. The largest absolute Gasteiger partial charge is 0.490 e. The number of rotatable bonds is 17. The number of ketones is 1. The summed E-state index contributed by atoms with van der Waals surface area (Å²) in [5.41, 5.74) is 1.86. The molecule has 2 heterocycles. The predicted molar refractivity (Wildman–Crippen MR) is 155 cm³/mol. The van der Waals surface area contributed by atoms with Crippen molar-refractivity contribution in [2.24, 2.45) is 0 Å². The van der Waals surface area contributed by atoms with Gasteiger partial charge in [-0.15, -0.1) is 17.0 Å². The molecule has 3 rings (SSSR count). The van der Waals surface area contributed by atoms with Crippen molar-refractivity contribution in [2.45, 2.75) is 59.4 Å². The number of nitrogens with one attached hydrogen (secondary N) is 1. The van der Waals surface area contributed by atoms with E-state index in [4.69, 9.17) is 34.7 Å². The first-order valence-electron chi connectivity index (χ1n) is 13.4. The van der Waals surface area contributed by atoms with Crippen molar-refractivity contribution in [2.75, 3.05) is 33.0 Å². The normalized spacial score (nSPS) is 11.8. The summed E-state index contributed by atoms with van der Waals surface area (Å²) in [5, 5.41) is 26.6. The van der Waals surface area contributed by atoms with Gasteiger partial charge in [0.15, 0.2) is 23.9 Å². The molecule has 0 amide bonds. The van der Waals surface area contributed by atoms with E-state index in [0.29, 0.717) is 55.0 Å². The smallest absolute Gasteiger partial charge is 0.341 e. The maximum atomic E-state index is 13.5. The summed E-state index contributed by atoms with van der Waals surface area (Å²) in [6.07, 6.45) is 2.99. The molecule has 1 aliphatic rings. The highest BCUT2D eigenvalue weighted by Gasteiger charge is 2.32. The van der Waals surface area contributed by atoms with Gasteiger partial charge in [-0.2, -0.15) is 5.26 Å². The number of carbonyl (C=O) groups excluding carboxylic acids is 1. The zero-order valence-corrected chi connectivity index (χ0v) is 25.2. The Morgan fingerprint density at radius 3 is 2.41 bits per heavy atom. The maximum Gasteiger partial charge on any atom is 0.341 e. The fourth-order valence-electron chi connectivity index (χ4n) is 4.12. The number of aryl methyl sites for hydroxylation is 1. The number of carbonyl (C=O) groups is 2. The van der Waals surface area contributed by atoms with Gasteiger partial charge < -0.3 is 29.0 Å². The van der Waals surface area contributed by atoms with Crippen LogP contribution in [0.25, 0.3) is 0 Å². The van der Waals surface area contributed by atoms with Gasteiger partial charge in [0.25, 0.3) is 11.8 Å². The van der Waals surface area contributed by atoms with E-state index < -0.39 is 12.6 Å². The number of Topliss-reactive ketones (excluding diaryl/α,β-unsaturated/α-hetero) is 1. The molecule has 13 heteroatoms. The second kappa shape index (κ2) is 16.4. The van der Waals surface area contributed by atoms with Crippen LogP contribution in [0.15, 0.2) is 12.1 Å². The van der Waals surface area contributed by atoms with Gasteiger partial charge in [-0.1, -0.05) is 13.3 Å². The number of carboxylic acid groups (broad SMARTS) is 1. The van der Waals surface area contributed by atoms with Gasteiger partial charge in [0, 0.05) is 12.0 Å². The van der Waals surface area contributed by atoms with Gasteiger partial charge in [-0.3, -0.25) is 10.2 Å². The summed E-state index contributed by atoms with van der Waals surface area (Å²) in [5.74, 6) is -0.353. The van der Waals surface area contributed by atoms with Gasteiger partial charge in [0.05, 0.1) is 44.7 Å². The number of halogens is 1. The predicted octanol–water partition coefficient (Wildman–Crippen LogP) is 4.36. The Kier molecular flexibility index (Phi) is 13.3. The summed E-state index contributed by atoms with van der Waals surface area (Å²) in [6, 6.07) is 5.28. The summed E-state index contributed by atoms with van der Waals surface area (Å²) in [6.45, 7) is 6.14. The second-order valence-corrected chi connectivity index (χ2v) is 8.98. The zero-order chi connectivity index (χ0) is 29.1. The highest BCUT2D eigenvalue weighted by Crippen LogP contribution is 2.35. The molecule has 0 aliphatic carbocycles. The molecule has 0 atom stereocenters. The first-order chi connectivity index (χ1) is 19.3. The van der Waals surface area contributed by atoms with Crippen molar-refractivity contribution >= 4 is 34.6 Å². The van der Waals surface area contributed by atoms with Crippen LogP contribution >= 0.6 is 17.0 Å². The fraction of sp³-hybridized carbons (Fsp3) is 0.500. The Morgan fingerprint density at radius 1 is 1.07 bits per heavy atom. The lowest BCUT2D eigenvalue weighted by Crippen LogP contribution is -2.30. The minimum absolute atomic E-state index is 0. The summed E-state index contributed by atoms with van der Waals surface area (Å²) in [4.78, 5) is 35.2. The average Bonchev–Trinajstić information content (AvgIpc) is 3.22. The molecule has 1 aromatic heterocycles. The molecular formula is C28H36BrN5O7. The number of fused-ring (bicyclic) bond motifs is 1. The number of carboxylic acids is 1. The van der Waals surface area contributed by atoms with Crippen LogP contribution in [0.5, 0.6) is 23.3 Å². The van der Waals surface area contributed by atoms with Crippen LogP contribution in [0.3, 0.4) is 0 Å². The van der Waals surface area contributed by atoms with E-state index in [1.165, 1.54) is 6.07 Å². The van der Waals surface area contributed by atoms with Crippen molar-refractivity contribution in [1.29, 1.82) is 10.7 Å². The van der Waals surface area contributed by atoms with E-state index in [9.17, 15) is 9.59 Å². The van der Waals surface area contributed by atoms with Crippen molar-refractivity contribution in [3.8, 4) is 29.3 Å². The van der Waals surface area contributed by atoms with E-state index >= 15 is 0 Å². The van der Waals surface area contributed by atoms with Crippen LogP contribution in [0.2, 0.25) is 0 Å². The number of aliphatic carboxylic acids is 1. The molecule has 0 spiro atoms. The van der Waals surface area contributed by atoms with Crippen LogP contribution in [-0.4, -0.2) is 70.5 Å². The lowest BCUT2D eigenvalue weighted by Gasteiger charge is -2.19. The number of ether oxygens (including phenoxy) is 4. The van der Waals surface area contributed by atoms with Crippen molar-refractivity contribution in [3.05, 3.63) is 34.6 Å². The Bertz CT molecular complexity index is 1280. The van der Waals surface area contributed by atoms with Crippen LogP contribution in [0.1, 0.15) is 73.8 Å². The topological polar surface area (TPSA) is 168 Å². The van der Waals surface area contributed by atoms with E-state index in [0.717, 1.165) is 12.8 Å². The molecule has 2 N–H and O–H groups in total. The van der Waals surface area contributed by atoms with Gasteiger partial charge >= 0.3 is 5.97 Å². The number of nitriles is 1. The summed E-state index contributed by atoms with van der Waals surface area (Å²) < 4.78 is 22.6. The lowest BCUT2D eigenvalue weighted by atomic mass is 10.0. The first-order valence-corrected chi connectivity index (χ1v) is 13.4. The third-order valence-electron chi connectivity index (χ3n) is 5.97. The van der Waals surface area contributed by atoms with Gasteiger partial charge in [0.2, 0.25) is 0 Å². The third kappa shape index (κ3) is 8.78. The average molecular weight is 635 g/mol. The molecule has 41 heavy (non-hydrogen) atoms. The molecular weight excluding hydrogens is 598 g/mol. The minimum atomic E-state index is -1.13. The number of benzene rings is 1. The van der Waals surface area contributed by atoms with Gasteiger partial charge in [-0.05, 0) is 50.8 Å². The summed E-state index contributed by atoms with van der Waals surface area (Å²) >= 11 is 0. The molecule has 1 aliphatic heterocycles. The highest BCUT2D eigenvalue weighted by molar-refractivity contribution is 8.93. The fourth-order valence-corrected chi connectivity index (χ4v) is 4.12. The van der Waals surface area contributed by atoms with E-state index in [-0.39, 0.29) is 71.6 Å². The summed E-state index contributed by atoms with van der Waals surface area (Å²) in [7, 11) is 0. The van der Waals surface area contributed by atoms with E-state index in [1.807, 2.05) is 20.8 Å². The van der Waals surface area contributed by atoms with Gasteiger partial charge in [-0.25, -0.2) is 14.8 Å². The molecule has 0 saturated heterocycles. The SMILES string of the molecule is Br.CCCCc1cc(C(=O)CN2Cc3nc(OCC)c(OCC)nc3C2=N)cc(OCCCC#N)c1OCC(=O)O. The second-order valence-electron chi connectivity index (χ2n) is 8.98. The van der Waals surface area contributed by atoms with Gasteiger partial charge in [0.1, 0.15) is 11.5 Å². The van der Waals surface area contributed by atoms with E-state index in [2.05, 4.69) is 16.0 Å². The van der Waals surface area contributed by atoms with Crippen LogP contribution in [0, 0.1) is 16.7 Å². The molecule has 12 nitrogen and oxygen atoms in total. The molecule has 222 valence electrons. The van der Waals surface area contributed by atoms with Crippen LogP contribution < -0.4 is 18.9 Å². The highest BCUT2D eigenvalue weighted by atomic mass is 79.9.